The normalized spacial score (nSPS) is 17.2. The third-order valence-corrected chi connectivity index (χ3v) is 2.76. The molecule has 0 aromatic carbocycles. The molecule has 0 aliphatic heterocycles. The van der Waals surface area contributed by atoms with Crippen LogP contribution >= 0.6 is 0 Å². The first-order valence-electron chi connectivity index (χ1n) is 5.27. The van der Waals surface area contributed by atoms with E-state index >= 15 is 0 Å². The lowest BCUT2D eigenvalue weighted by Crippen LogP contribution is -2.41. The average molecular weight is 208 g/mol. The van der Waals surface area contributed by atoms with Gasteiger partial charge in [0, 0.05) is 13.1 Å². The van der Waals surface area contributed by atoms with E-state index in [0.29, 0.717) is 6.04 Å². The Kier molecular flexibility index (Phi) is 2.66. The Bertz CT molecular complexity index is 330. The Hall–Kier alpha value is -1.45. The Morgan fingerprint density at radius 3 is 2.87 bits per heavy atom. The second-order valence-electron chi connectivity index (χ2n) is 3.88. The number of urea groups is 1. The van der Waals surface area contributed by atoms with Crippen LogP contribution in [0.25, 0.3) is 0 Å². The van der Waals surface area contributed by atoms with Crippen LogP contribution in [-0.4, -0.2) is 24.0 Å². The van der Waals surface area contributed by atoms with Crippen molar-refractivity contribution in [1.29, 1.82) is 0 Å². The molecule has 1 heterocycles. The molecule has 1 aromatic rings. The van der Waals surface area contributed by atoms with Gasteiger partial charge in [0.1, 0.15) is 5.76 Å². The van der Waals surface area contributed by atoms with Crippen molar-refractivity contribution in [2.75, 3.05) is 7.05 Å². The second-order valence-corrected chi connectivity index (χ2v) is 3.88. The van der Waals surface area contributed by atoms with Crippen molar-refractivity contribution in [2.24, 2.45) is 0 Å². The van der Waals surface area contributed by atoms with E-state index in [1.54, 1.807) is 13.3 Å². The minimum atomic E-state index is -0.0265. The summed E-state index contributed by atoms with van der Waals surface area (Å²) in [6.07, 6.45) is 3.83. The summed E-state index contributed by atoms with van der Waals surface area (Å²) in [7, 11) is 1.66. The van der Waals surface area contributed by atoms with Crippen LogP contribution in [0.2, 0.25) is 0 Å². The smallest absolute Gasteiger partial charge is 0.318 e. The summed E-state index contributed by atoms with van der Waals surface area (Å²) in [6.45, 7) is 1.99. The van der Waals surface area contributed by atoms with Gasteiger partial charge in [-0.2, -0.15) is 0 Å². The number of furan rings is 1. The molecule has 1 aromatic heterocycles. The van der Waals surface area contributed by atoms with E-state index in [1.807, 2.05) is 24.0 Å². The van der Waals surface area contributed by atoms with Crippen molar-refractivity contribution in [2.45, 2.75) is 31.8 Å². The molecule has 1 aliphatic rings. The molecule has 1 atom stereocenters. The molecule has 1 N–H and O–H groups in total. The van der Waals surface area contributed by atoms with E-state index in [1.165, 1.54) is 0 Å². The summed E-state index contributed by atoms with van der Waals surface area (Å²) in [4.78, 5) is 13.6. The third kappa shape index (κ3) is 1.98. The van der Waals surface area contributed by atoms with Gasteiger partial charge in [0.15, 0.2) is 0 Å². The zero-order valence-electron chi connectivity index (χ0n) is 9.06. The summed E-state index contributed by atoms with van der Waals surface area (Å²) in [5, 5.41) is 2.67. The number of amides is 2. The number of hydrogen-bond donors (Lipinski definition) is 1. The first-order valence-corrected chi connectivity index (χ1v) is 5.27. The molecular formula is C11H16N2O2. The molecule has 15 heavy (non-hydrogen) atoms. The number of carbonyl (C=O) groups is 1. The molecular weight excluding hydrogens is 192 g/mol. The quantitative estimate of drug-likeness (QED) is 0.827. The largest absolute Gasteiger partial charge is 0.467 e. The van der Waals surface area contributed by atoms with Crippen LogP contribution in [0.3, 0.4) is 0 Å². The molecule has 0 saturated heterocycles. The fourth-order valence-electron chi connectivity index (χ4n) is 1.81. The van der Waals surface area contributed by atoms with Gasteiger partial charge < -0.3 is 14.6 Å². The molecule has 2 amide bonds. The maximum absolute atomic E-state index is 11.7. The fourth-order valence-corrected chi connectivity index (χ4v) is 1.81. The van der Waals surface area contributed by atoms with Crippen molar-refractivity contribution >= 4 is 6.03 Å². The molecule has 4 heteroatoms. The first-order chi connectivity index (χ1) is 7.24. The number of carbonyl (C=O) groups excluding carboxylic acids is 1. The van der Waals surface area contributed by atoms with Gasteiger partial charge in [-0.25, -0.2) is 4.79 Å². The van der Waals surface area contributed by atoms with E-state index in [-0.39, 0.29) is 12.1 Å². The molecule has 4 nitrogen and oxygen atoms in total. The molecule has 1 unspecified atom stereocenters. The summed E-state index contributed by atoms with van der Waals surface area (Å²) < 4.78 is 5.33. The maximum Gasteiger partial charge on any atom is 0.318 e. The van der Waals surface area contributed by atoms with Crippen molar-refractivity contribution in [3.8, 4) is 0 Å². The van der Waals surface area contributed by atoms with Gasteiger partial charge in [0.25, 0.3) is 0 Å². The lowest BCUT2D eigenvalue weighted by molar-refractivity contribution is 0.168. The highest BCUT2D eigenvalue weighted by atomic mass is 16.3. The molecule has 1 fully saturated rings. The molecule has 1 aliphatic carbocycles. The van der Waals surface area contributed by atoms with Gasteiger partial charge in [-0.3, -0.25) is 0 Å². The first kappa shape index (κ1) is 10.1. The summed E-state index contributed by atoms with van der Waals surface area (Å²) in [5.74, 6) is 0.838. The minimum Gasteiger partial charge on any atom is -0.467 e. The number of hydrogen-bond acceptors (Lipinski definition) is 2. The van der Waals surface area contributed by atoms with Gasteiger partial charge >= 0.3 is 6.03 Å². The second kappa shape index (κ2) is 3.96. The number of nitrogens with zero attached hydrogens (tertiary/aromatic N) is 1. The van der Waals surface area contributed by atoms with Crippen molar-refractivity contribution in [3.05, 3.63) is 24.2 Å². The van der Waals surface area contributed by atoms with Gasteiger partial charge in [0.2, 0.25) is 0 Å². The predicted octanol–water partition coefficient (Wildman–Crippen LogP) is 2.14. The van der Waals surface area contributed by atoms with Crippen molar-refractivity contribution in [1.82, 2.24) is 10.2 Å². The molecule has 82 valence electrons. The van der Waals surface area contributed by atoms with Gasteiger partial charge in [-0.05, 0) is 31.9 Å². The van der Waals surface area contributed by atoms with E-state index in [4.69, 9.17) is 4.42 Å². The lowest BCUT2D eigenvalue weighted by Gasteiger charge is -2.27. The third-order valence-electron chi connectivity index (χ3n) is 2.76. The van der Waals surface area contributed by atoms with Gasteiger partial charge in [0.05, 0.1) is 12.3 Å². The predicted molar refractivity (Wildman–Crippen MR) is 56.4 cm³/mol. The SMILES string of the molecule is CNC(=O)N(C1CC1)C(C)c1ccco1. The highest BCUT2D eigenvalue weighted by Crippen LogP contribution is 2.34. The van der Waals surface area contributed by atoms with Crippen LogP contribution in [0.4, 0.5) is 4.79 Å². The van der Waals surface area contributed by atoms with Crippen LogP contribution in [0.5, 0.6) is 0 Å². The van der Waals surface area contributed by atoms with Gasteiger partial charge in [-0.1, -0.05) is 0 Å². The van der Waals surface area contributed by atoms with Crippen LogP contribution in [-0.2, 0) is 0 Å². The highest BCUT2D eigenvalue weighted by Gasteiger charge is 2.36. The van der Waals surface area contributed by atoms with Crippen LogP contribution in [0.15, 0.2) is 22.8 Å². The lowest BCUT2D eigenvalue weighted by atomic mass is 10.2. The zero-order chi connectivity index (χ0) is 10.8. The average Bonchev–Trinajstić information content (AvgIpc) is 2.92. The van der Waals surface area contributed by atoms with Gasteiger partial charge in [-0.15, -0.1) is 0 Å². The highest BCUT2D eigenvalue weighted by molar-refractivity contribution is 5.75. The van der Waals surface area contributed by atoms with E-state index in [9.17, 15) is 4.79 Å². The van der Waals surface area contributed by atoms with Crippen LogP contribution < -0.4 is 5.32 Å². The molecule has 2 rings (SSSR count). The van der Waals surface area contributed by atoms with Crippen molar-refractivity contribution in [3.63, 3.8) is 0 Å². The monoisotopic (exact) mass is 208 g/mol. The fraction of sp³-hybridized carbons (Fsp3) is 0.545. The standard InChI is InChI=1S/C11H16N2O2/c1-8(10-4-3-7-15-10)13(9-5-6-9)11(14)12-2/h3-4,7-9H,5-6H2,1-2H3,(H,12,14). The maximum atomic E-state index is 11.7. The van der Waals surface area contributed by atoms with Crippen LogP contribution in [0.1, 0.15) is 31.6 Å². The van der Waals surface area contributed by atoms with E-state index < -0.39 is 0 Å². The Labute approximate surface area is 89.2 Å². The summed E-state index contributed by atoms with van der Waals surface area (Å²) in [6, 6.07) is 4.11. The Morgan fingerprint density at radius 2 is 2.40 bits per heavy atom. The summed E-state index contributed by atoms with van der Waals surface area (Å²) in [5.41, 5.74) is 0. The number of nitrogens with one attached hydrogen (secondary N) is 1. The number of rotatable bonds is 3. The zero-order valence-corrected chi connectivity index (χ0v) is 9.06. The molecule has 0 radical (unpaired) electrons. The Balaban J connectivity index is 2.14. The Morgan fingerprint density at radius 1 is 1.67 bits per heavy atom. The molecule has 1 saturated carbocycles. The van der Waals surface area contributed by atoms with E-state index in [0.717, 1.165) is 18.6 Å². The summed E-state index contributed by atoms with van der Waals surface area (Å²) >= 11 is 0. The molecule has 0 spiro atoms. The topological polar surface area (TPSA) is 45.5 Å². The van der Waals surface area contributed by atoms with E-state index in [2.05, 4.69) is 5.32 Å². The van der Waals surface area contributed by atoms with Crippen LogP contribution in [0, 0.1) is 0 Å². The molecule has 0 bridgehead atoms. The minimum absolute atomic E-state index is 0.00690. The van der Waals surface area contributed by atoms with Crippen molar-refractivity contribution < 1.29 is 9.21 Å².